The van der Waals surface area contributed by atoms with Crippen LogP contribution in [0.2, 0.25) is 10.0 Å². The van der Waals surface area contributed by atoms with Crippen LogP contribution in [0.1, 0.15) is 0 Å². The number of anilines is 5. The number of nitrogens with one attached hydrogen (secondary N) is 2. The summed E-state index contributed by atoms with van der Waals surface area (Å²) in [6, 6.07) is 14.9. The lowest BCUT2D eigenvalue weighted by atomic mass is 10.2. The highest BCUT2D eigenvalue weighted by molar-refractivity contribution is 6.43. The lowest BCUT2D eigenvalue weighted by Crippen LogP contribution is -2.05. The van der Waals surface area contributed by atoms with Crippen molar-refractivity contribution in [1.29, 1.82) is 0 Å². The fraction of sp³-hybridized carbons (Fsp3) is 0. The van der Waals surface area contributed by atoms with Crippen LogP contribution in [0, 0.1) is 0 Å². The molecular weight excluding hydrogens is 383 g/mol. The molecule has 8 heteroatoms. The molecular formula is C19H14Cl2N6. The van der Waals surface area contributed by atoms with Crippen LogP contribution in [0.25, 0.3) is 10.9 Å². The summed E-state index contributed by atoms with van der Waals surface area (Å²) in [7, 11) is 0. The highest BCUT2D eigenvalue weighted by Crippen LogP contribution is 2.35. The van der Waals surface area contributed by atoms with E-state index >= 15 is 0 Å². The van der Waals surface area contributed by atoms with E-state index in [1.807, 2.05) is 30.3 Å². The van der Waals surface area contributed by atoms with Gasteiger partial charge in [-0.25, -0.2) is 9.97 Å². The molecule has 2 aromatic carbocycles. The van der Waals surface area contributed by atoms with E-state index in [1.54, 1.807) is 24.4 Å². The Labute approximate surface area is 165 Å². The van der Waals surface area contributed by atoms with Crippen LogP contribution < -0.4 is 16.4 Å². The van der Waals surface area contributed by atoms with Gasteiger partial charge in [0.1, 0.15) is 12.0 Å². The number of hydrogen-bond donors (Lipinski definition) is 3. The minimum Gasteiger partial charge on any atom is -0.393 e. The molecule has 0 aliphatic rings. The summed E-state index contributed by atoms with van der Waals surface area (Å²) in [5.74, 6) is 0.900. The smallest absolute Gasteiger partial charge is 0.159 e. The maximum Gasteiger partial charge on any atom is 0.159 e. The standard InChI is InChI=1S/C19H14Cl2N6/c20-12-5-1-8-15(16(12)21)27-19-17(22)18(24-10-25-19)26-14-7-2-6-13-11(14)4-3-9-23-13/h1-10H,22H2,(H2,24,25,26,27). The van der Waals surface area contributed by atoms with E-state index in [9.17, 15) is 0 Å². The second kappa shape index (κ2) is 7.26. The number of nitrogens with zero attached hydrogens (tertiary/aromatic N) is 3. The van der Waals surface area contributed by atoms with E-state index in [2.05, 4.69) is 25.6 Å². The summed E-state index contributed by atoms with van der Waals surface area (Å²) in [5.41, 5.74) is 8.95. The van der Waals surface area contributed by atoms with Crippen LogP contribution in [0.4, 0.5) is 28.7 Å². The third-order valence-corrected chi connectivity index (χ3v) is 4.81. The van der Waals surface area contributed by atoms with Crippen molar-refractivity contribution in [2.45, 2.75) is 0 Å². The molecule has 0 radical (unpaired) electrons. The quantitative estimate of drug-likeness (QED) is 0.427. The van der Waals surface area contributed by atoms with Crippen molar-refractivity contribution >= 4 is 62.8 Å². The monoisotopic (exact) mass is 396 g/mol. The third kappa shape index (κ3) is 3.45. The predicted octanol–water partition coefficient (Wildman–Crippen LogP) is 5.40. The molecule has 0 bridgehead atoms. The van der Waals surface area contributed by atoms with E-state index in [4.69, 9.17) is 28.9 Å². The molecule has 0 unspecified atom stereocenters. The van der Waals surface area contributed by atoms with Crippen molar-refractivity contribution in [3.63, 3.8) is 0 Å². The Morgan fingerprint density at radius 1 is 0.778 bits per heavy atom. The van der Waals surface area contributed by atoms with Gasteiger partial charge in [-0.3, -0.25) is 4.98 Å². The lowest BCUT2D eigenvalue weighted by Gasteiger charge is -2.14. The second-order valence-corrected chi connectivity index (χ2v) is 6.50. The number of halogens is 2. The molecule has 4 rings (SSSR count). The molecule has 0 aliphatic carbocycles. The van der Waals surface area contributed by atoms with Crippen LogP contribution >= 0.6 is 23.2 Å². The minimum atomic E-state index is 0.356. The van der Waals surface area contributed by atoms with Gasteiger partial charge in [-0.2, -0.15) is 0 Å². The van der Waals surface area contributed by atoms with Gasteiger partial charge in [0.2, 0.25) is 0 Å². The number of aromatic nitrogens is 3. The summed E-state index contributed by atoms with van der Waals surface area (Å²) in [6.45, 7) is 0. The van der Waals surface area contributed by atoms with Crippen molar-refractivity contribution in [2.75, 3.05) is 16.4 Å². The topological polar surface area (TPSA) is 88.8 Å². The van der Waals surface area contributed by atoms with Crippen molar-refractivity contribution < 1.29 is 0 Å². The highest BCUT2D eigenvalue weighted by atomic mass is 35.5. The number of fused-ring (bicyclic) bond motifs is 1. The maximum absolute atomic E-state index is 6.27. The van der Waals surface area contributed by atoms with Gasteiger partial charge < -0.3 is 16.4 Å². The fourth-order valence-corrected chi connectivity index (χ4v) is 3.01. The Balaban J connectivity index is 1.69. The van der Waals surface area contributed by atoms with Gasteiger partial charge in [0.15, 0.2) is 11.6 Å². The summed E-state index contributed by atoms with van der Waals surface area (Å²) in [6.07, 6.45) is 3.17. The lowest BCUT2D eigenvalue weighted by molar-refractivity contribution is 1.17. The average Bonchev–Trinajstić information content (AvgIpc) is 2.69. The first-order chi connectivity index (χ1) is 13.1. The summed E-state index contributed by atoms with van der Waals surface area (Å²) >= 11 is 12.3. The van der Waals surface area contributed by atoms with E-state index in [1.165, 1.54) is 6.33 Å². The largest absolute Gasteiger partial charge is 0.393 e. The molecule has 2 heterocycles. The van der Waals surface area contributed by atoms with Crippen LogP contribution in [0.5, 0.6) is 0 Å². The molecule has 4 aromatic rings. The predicted molar refractivity (Wildman–Crippen MR) is 111 cm³/mol. The highest BCUT2D eigenvalue weighted by Gasteiger charge is 2.12. The molecule has 0 atom stereocenters. The number of rotatable bonds is 4. The van der Waals surface area contributed by atoms with Gasteiger partial charge in [0, 0.05) is 17.3 Å². The minimum absolute atomic E-state index is 0.356. The first-order valence-corrected chi connectivity index (χ1v) is 8.81. The Hall–Kier alpha value is -3.09. The summed E-state index contributed by atoms with van der Waals surface area (Å²) in [4.78, 5) is 12.8. The molecule has 2 aromatic heterocycles. The molecule has 134 valence electrons. The van der Waals surface area contributed by atoms with Gasteiger partial charge in [-0.15, -0.1) is 0 Å². The van der Waals surface area contributed by atoms with Crippen LogP contribution in [0.15, 0.2) is 61.1 Å². The summed E-state index contributed by atoms with van der Waals surface area (Å²) < 4.78 is 0. The molecule has 0 aliphatic heterocycles. The van der Waals surface area contributed by atoms with Gasteiger partial charge in [-0.05, 0) is 36.4 Å². The van der Waals surface area contributed by atoms with Gasteiger partial charge in [0.25, 0.3) is 0 Å². The second-order valence-electron chi connectivity index (χ2n) is 5.71. The Morgan fingerprint density at radius 3 is 2.30 bits per heavy atom. The molecule has 0 fully saturated rings. The number of benzene rings is 2. The molecule has 0 saturated carbocycles. The van der Waals surface area contributed by atoms with E-state index in [0.29, 0.717) is 33.1 Å². The third-order valence-electron chi connectivity index (χ3n) is 3.99. The Bertz CT molecular complexity index is 1130. The van der Waals surface area contributed by atoms with Crippen molar-refractivity contribution in [2.24, 2.45) is 0 Å². The zero-order chi connectivity index (χ0) is 18.8. The zero-order valence-electron chi connectivity index (χ0n) is 13.9. The average molecular weight is 397 g/mol. The molecule has 0 saturated heterocycles. The zero-order valence-corrected chi connectivity index (χ0v) is 15.5. The van der Waals surface area contributed by atoms with Crippen LogP contribution in [-0.4, -0.2) is 15.0 Å². The van der Waals surface area contributed by atoms with Crippen LogP contribution in [0.3, 0.4) is 0 Å². The van der Waals surface area contributed by atoms with E-state index in [0.717, 1.165) is 16.6 Å². The number of hydrogen-bond acceptors (Lipinski definition) is 6. The Kier molecular flexibility index (Phi) is 4.66. The summed E-state index contributed by atoms with van der Waals surface area (Å²) in [5, 5.41) is 8.15. The fourth-order valence-electron chi connectivity index (χ4n) is 2.66. The maximum atomic E-state index is 6.27. The number of pyridine rings is 1. The van der Waals surface area contributed by atoms with Gasteiger partial charge in [-0.1, -0.05) is 35.3 Å². The molecule has 0 amide bonds. The van der Waals surface area contributed by atoms with Crippen molar-refractivity contribution in [3.8, 4) is 0 Å². The first kappa shape index (κ1) is 17.3. The number of nitrogens with two attached hydrogens (primary N) is 1. The van der Waals surface area contributed by atoms with E-state index < -0.39 is 0 Å². The first-order valence-electron chi connectivity index (χ1n) is 8.06. The van der Waals surface area contributed by atoms with Crippen molar-refractivity contribution in [3.05, 3.63) is 71.1 Å². The number of nitrogen functional groups attached to an aromatic ring is 1. The van der Waals surface area contributed by atoms with Gasteiger partial charge >= 0.3 is 0 Å². The molecule has 4 N–H and O–H groups in total. The molecule has 27 heavy (non-hydrogen) atoms. The SMILES string of the molecule is Nc1c(Nc2cccc(Cl)c2Cl)ncnc1Nc1cccc2ncccc12. The van der Waals surface area contributed by atoms with Gasteiger partial charge in [0.05, 0.1) is 21.2 Å². The molecule has 0 spiro atoms. The van der Waals surface area contributed by atoms with E-state index in [-0.39, 0.29) is 0 Å². The van der Waals surface area contributed by atoms with Crippen LogP contribution in [-0.2, 0) is 0 Å². The normalized spacial score (nSPS) is 10.7. The van der Waals surface area contributed by atoms with Crippen molar-refractivity contribution in [1.82, 2.24) is 15.0 Å². The Morgan fingerprint density at radius 2 is 1.48 bits per heavy atom. The molecule has 6 nitrogen and oxygen atoms in total.